The van der Waals surface area contributed by atoms with Crippen molar-refractivity contribution in [3.63, 3.8) is 0 Å². The number of aromatic carboxylic acids is 1. The van der Waals surface area contributed by atoms with Crippen LogP contribution in [0, 0.1) is 5.92 Å². The van der Waals surface area contributed by atoms with E-state index in [9.17, 15) is 13.2 Å². The molecule has 1 aliphatic carbocycles. The van der Waals surface area contributed by atoms with Crippen molar-refractivity contribution in [1.29, 1.82) is 0 Å². The van der Waals surface area contributed by atoms with Crippen molar-refractivity contribution in [3.05, 3.63) is 11.2 Å². The highest BCUT2D eigenvalue weighted by Crippen LogP contribution is 2.28. The molecule has 1 saturated carbocycles. The molecule has 7 nitrogen and oxygen atoms in total. The Kier molecular flexibility index (Phi) is 5.08. The summed E-state index contributed by atoms with van der Waals surface area (Å²) in [5, 5.41) is 8.85. The van der Waals surface area contributed by atoms with E-state index in [0.29, 0.717) is 18.9 Å². The summed E-state index contributed by atoms with van der Waals surface area (Å²) in [7, 11) is -3.81. The Bertz CT molecular complexity index is 565. The molecule has 20 heavy (non-hydrogen) atoms. The Morgan fingerprint density at radius 2 is 2.30 bits per heavy atom. The van der Waals surface area contributed by atoms with E-state index < -0.39 is 21.7 Å². The van der Waals surface area contributed by atoms with Gasteiger partial charge in [-0.25, -0.2) is 22.9 Å². The first kappa shape index (κ1) is 15.4. The molecule has 2 N–H and O–H groups in total. The molecule has 112 valence electrons. The predicted octanol–water partition coefficient (Wildman–Crippen LogP) is 0.936. The first-order chi connectivity index (χ1) is 9.50. The molecule has 0 unspecified atom stereocenters. The van der Waals surface area contributed by atoms with Crippen LogP contribution in [-0.4, -0.2) is 44.2 Å². The van der Waals surface area contributed by atoms with Crippen molar-refractivity contribution in [2.24, 2.45) is 5.92 Å². The highest BCUT2D eigenvalue weighted by molar-refractivity contribution is 7.91. The summed E-state index contributed by atoms with van der Waals surface area (Å²) < 4.78 is 31.3. The maximum absolute atomic E-state index is 11.9. The van der Waals surface area contributed by atoms with Crippen LogP contribution in [0.1, 0.15) is 29.8 Å². The third kappa shape index (κ3) is 4.23. The molecule has 0 radical (unpaired) electrons. The second-order valence-electron chi connectivity index (χ2n) is 4.56. The molecule has 1 aliphatic rings. The van der Waals surface area contributed by atoms with Gasteiger partial charge >= 0.3 is 5.97 Å². The van der Waals surface area contributed by atoms with Gasteiger partial charge in [-0.1, -0.05) is 0 Å². The zero-order valence-corrected chi connectivity index (χ0v) is 12.4. The predicted molar refractivity (Wildman–Crippen MR) is 72.4 cm³/mol. The lowest BCUT2D eigenvalue weighted by Gasteiger charge is -2.06. The topological polar surface area (TPSA) is 106 Å². The molecule has 1 heterocycles. The lowest BCUT2D eigenvalue weighted by atomic mass is 10.4. The van der Waals surface area contributed by atoms with Gasteiger partial charge in [0.05, 0.1) is 5.51 Å². The van der Waals surface area contributed by atoms with Gasteiger partial charge in [0.25, 0.3) is 10.0 Å². The minimum atomic E-state index is -3.81. The standard InChI is InChI=1S/C11H16N2O5S2/c14-10(15)9-11(19-7-12-9)20(16,17)13-4-1-5-18-6-8-2-3-8/h7-8,13H,1-6H2,(H,14,15). The fraction of sp³-hybridized carbons (Fsp3) is 0.636. The first-order valence-corrected chi connectivity index (χ1v) is 8.61. The molecule has 9 heteroatoms. The average Bonchev–Trinajstić information content (AvgIpc) is 3.05. The Balaban J connectivity index is 1.77. The zero-order valence-electron chi connectivity index (χ0n) is 10.7. The van der Waals surface area contributed by atoms with Gasteiger partial charge < -0.3 is 9.84 Å². The summed E-state index contributed by atoms with van der Waals surface area (Å²) in [5.74, 6) is -0.665. The highest BCUT2D eigenvalue weighted by Gasteiger charge is 2.25. The molecular weight excluding hydrogens is 304 g/mol. The number of thiazole rings is 1. The Labute approximate surface area is 121 Å². The number of hydrogen-bond donors (Lipinski definition) is 2. The van der Waals surface area contributed by atoms with Crippen LogP contribution >= 0.6 is 11.3 Å². The monoisotopic (exact) mass is 320 g/mol. The maximum atomic E-state index is 11.9. The van der Waals surface area contributed by atoms with E-state index in [-0.39, 0.29) is 10.8 Å². The quantitative estimate of drug-likeness (QED) is 0.656. The largest absolute Gasteiger partial charge is 0.476 e. The van der Waals surface area contributed by atoms with E-state index in [4.69, 9.17) is 9.84 Å². The van der Waals surface area contributed by atoms with Crippen molar-refractivity contribution in [2.75, 3.05) is 19.8 Å². The summed E-state index contributed by atoms with van der Waals surface area (Å²) in [5.41, 5.74) is 0.768. The van der Waals surface area contributed by atoms with Crippen molar-refractivity contribution in [2.45, 2.75) is 23.5 Å². The van der Waals surface area contributed by atoms with Gasteiger partial charge in [0.15, 0.2) is 9.90 Å². The van der Waals surface area contributed by atoms with Crippen LogP contribution in [-0.2, 0) is 14.8 Å². The van der Waals surface area contributed by atoms with Crippen molar-refractivity contribution < 1.29 is 23.1 Å². The van der Waals surface area contributed by atoms with Crippen LogP contribution in [0.4, 0.5) is 0 Å². The smallest absolute Gasteiger partial charge is 0.356 e. The van der Waals surface area contributed by atoms with Crippen molar-refractivity contribution in [1.82, 2.24) is 9.71 Å². The van der Waals surface area contributed by atoms with E-state index in [2.05, 4.69) is 9.71 Å². The fourth-order valence-corrected chi connectivity index (χ4v) is 3.81. The van der Waals surface area contributed by atoms with E-state index in [1.165, 1.54) is 18.4 Å². The molecular formula is C11H16N2O5S2. The molecule has 0 saturated heterocycles. The summed E-state index contributed by atoms with van der Waals surface area (Å²) >= 11 is 0.792. The Hall–Kier alpha value is -1.03. The second kappa shape index (κ2) is 6.61. The van der Waals surface area contributed by atoms with Gasteiger partial charge in [0.1, 0.15) is 0 Å². The van der Waals surface area contributed by atoms with Gasteiger partial charge in [0, 0.05) is 19.8 Å². The Morgan fingerprint density at radius 1 is 1.55 bits per heavy atom. The van der Waals surface area contributed by atoms with Gasteiger partial charge in [-0.05, 0) is 25.2 Å². The van der Waals surface area contributed by atoms with Gasteiger partial charge in [0.2, 0.25) is 0 Å². The average molecular weight is 320 g/mol. The van der Waals surface area contributed by atoms with Gasteiger partial charge in [-0.3, -0.25) is 0 Å². The minimum Gasteiger partial charge on any atom is -0.476 e. The maximum Gasteiger partial charge on any atom is 0.356 e. The molecule has 2 rings (SSSR count). The fourth-order valence-electron chi connectivity index (χ4n) is 1.55. The number of nitrogens with zero attached hydrogens (tertiary/aromatic N) is 1. The second-order valence-corrected chi connectivity index (χ2v) is 7.38. The molecule has 1 fully saturated rings. The normalized spacial score (nSPS) is 15.4. The van der Waals surface area contributed by atoms with Crippen LogP contribution in [0.3, 0.4) is 0 Å². The molecule has 1 aromatic heterocycles. The number of sulfonamides is 1. The molecule has 0 aromatic carbocycles. The number of hydrogen-bond acceptors (Lipinski definition) is 6. The highest BCUT2D eigenvalue weighted by atomic mass is 32.2. The van der Waals surface area contributed by atoms with Crippen molar-refractivity contribution >= 4 is 27.3 Å². The number of aromatic nitrogens is 1. The number of carbonyl (C=O) groups is 1. The third-order valence-electron chi connectivity index (χ3n) is 2.79. The van der Waals surface area contributed by atoms with Gasteiger partial charge in [-0.15, -0.1) is 11.3 Å². The van der Waals surface area contributed by atoms with E-state index in [1.54, 1.807) is 0 Å². The van der Waals surface area contributed by atoms with Crippen LogP contribution < -0.4 is 4.72 Å². The number of rotatable bonds is 9. The molecule has 0 amide bonds. The summed E-state index contributed by atoms with van der Waals surface area (Å²) in [4.78, 5) is 14.4. The summed E-state index contributed by atoms with van der Waals surface area (Å²) in [6.07, 6.45) is 2.99. The van der Waals surface area contributed by atoms with E-state index in [1.807, 2.05) is 0 Å². The molecule has 0 atom stereocenters. The summed E-state index contributed by atoms with van der Waals surface area (Å²) in [6.45, 7) is 1.45. The Morgan fingerprint density at radius 3 is 2.95 bits per heavy atom. The lowest BCUT2D eigenvalue weighted by molar-refractivity contribution is 0.0687. The number of carboxylic acid groups (broad SMARTS) is 1. The van der Waals surface area contributed by atoms with E-state index in [0.717, 1.165) is 17.9 Å². The van der Waals surface area contributed by atoms with Crippen LogP contribution in [0.5, 0.6) is 0 Å². The van der Waals surface area contributed by atoms with E-state index >= 15 is 0 Å². The third-order valence-corrected chi connectivity index (χ3v) is 5.62. The molecule has 0 spiro atoms. The van der Waals surface area contributed by atoms with Crippen LogP contribution in [0.25, 0.3) is 0 Å². The number of carboxylic acids is 1. The first-order valence-electron chi connectivity index (χ1n) is 6.25. The van der Waals surface area contributed by atoms with Crippen molar-refractivity contribution in [3.8, 4) is 0 Å². The van der Waals surface area contributed by atoms with Gasteiger partial charge in [-0.2, -0.15) is 0 Å². The molecule has 1 aromatic rings. The SMILES string of the molecule is O=C(O)c1ncsc1S(=O)(=O)NCCCOCC1CC1. The van der Waals surface area contributed by atoms with Crippen LogP contribution in [0.2, 0.25) is 0 Å². The number of ether oxygens (including phenoxy) is 1. The number of nitrogens with one attached hydrogen (secondary N) is 1. The minimum absolute atomic E-state index is 0.212. The zero-order chi connectivity index (χ0) is 14.6. The molecule has 0 aliphatic heterocycles. The summed E-state index contributed by atoms with van der Waals surface area (Å²) in [6, 6.07) is 0. The lowest BCUT2D eigenvalue weighted by Crippen LogP contribution is -2.26. The van der Waals surface area contributed by atoms with Crippen LogP contribution in [0.15, 0.2) is 9.72 Å². The molecule has 0 bridgehead atoms.